The Morgan fingerprint density at radius 3 is 2.82 bits per heavy atom. The van der Waals surface area contributed by atoms with Gasteiger partial charge in [-0.1, -0.05) is 24.3 Å². The number of carbonyl (C=O) groups is 1. The molecule has 116 valence electrons. The fourth-order valence-electron chi connectivity index (χ4n) is 2.77. The average molecular weight is 309 g/mol. The summed E-state index contributed by atoms with van der Waals surface area (Å²) >= 11 is 0. The molecule has 0 radical (unpaired) electrons. The Bertz CT molecular complexity index is 693. The second-order valence-corrected chi connectivity index (χ2v) is 5.30. The van der Waals surface area contributed by atoms with Crippen molar-refractivity contribution in [3.8, 4) is 0 Å². The van der Waals surface area contributed by atoms with E-state index in [4.69, 9.17) is 0 Å². The molecular formula is C15H14F3N3O. The summed E-state index contributed by atoms with van der Waals surface area (Å²) < 4.78 is 37.5. The second kappa shape index (κ2) is 5.47. The van der Waals surface area contributed by atoms with Crippen LogP contribution >= 0.6 is 0 Å². The highest BCUT2D eigenvalue weighted by molar-refractivity contribution is 5.95. The van der Waals surface area contributed by atoms with E-state index in [9.17, 15) is 18.0 Å². The minimum Gasteiger partial charge on any atom is -0.309 e. The number of benzene rings is 1. The van der Waals surface area contributed by atoms with Crippen LogP contribution in [0.3, 0.4) is 0 Å². The fourth-order valence-corrected chi connectivity index (χ4v) is 2.77. The van der Waals surface area contributed by atoms with Gasteiger partial charge in [-0.15, -0.1) is 0 Å². The molecule has 0 fully saturated rings. The quantitative estimate of drug-likeness (QED) is 0.892. The van der Waals surface area contributed by atoms with Gasteiger partial charge in [0, 0.05) is 6.07 Å². The number of alkyl halides is 3. The molecule has 1 aliphatic carbocycles. The molecule has 0 spiro atoms. The molecule has 0 saturated heterocycles. The molecule has 1 aromatic heterocycles. The molecule has 2 aromatic rings. The van der Waals surface area contributed by atoms with Gasteiger partial charge in [-0.25, -0.2) is 0 Å². The van der Waals surface area contributed by atoms with E-state index in [0.717, 1.165) is 30.0 Å². The molecule has 22 heavy (non-hydrogen) atoms. The van der Waals surface area contributed by atoms with Crippen molar-refractivity contribution in [3.05, 3.63) is 47.2 Å². The molecule has 1 atom stereocenters. The summed E-state index contributed by atoms with van der Waals surface area (Å²) in [5.74, 6) is -0.788. The third-order valence-corrected chi connectivity index (χ3v) is 3.82. The molecule has 7 heteroatoms. The zero-order chi connectivity index (χ0) is 15.7. The third kappa shape index (κ3) is 2.84. The van der Waals surface area contributed by atoms with Crippen molar-refractivity contribution < 1.29 is 18.0 Å². The molecule has 0 aliphatic heterocycles. The molecule has 2 N–H and O–H groups in total. The van der Waals surface area contributed by atoms with E-state index in [-0.39, 0.29) is 17.6 Å². The molecule has 0 saturated carbocycles. The van der Waals surface area contributed by atoms with Gasteiger partial charge < -0.3 is 5.32 Å². The summed E-state index contributed by atoms with van der Waals surface area (Å²) in [5, 5.41) is 7.84. The number of anilines is 1. The van der Waals surface area contributed by atoms with Crippen LogP contribution in [0.1, 0.15) is 35.6 Å². The lowest BCUT2D eigenvalue weighted by atomic mass is 9.82. The Kier molecular flexibility index (Phi) is 3.64. The molecule has 1 aromatic carbocycles. The van der Waals surface area contributed by atoms with E-state index in [1.807, 2.05) is 29.4 Å². The third-order valence-electron chi connectivity index (χ3n) is 3.82. The number of amides is 1. The Morgan fingerprint density at radius 2 is 2.09 bits per heavy atom. The Labute approximate surface area is 124 Å². The van der Waals surface area contributed by atoms with Crippen molar-refractivity contribution in [2.24, 2.45) is 0 Å². The molecule has 0 bridgehead atoms. The standard InChI is InChI=1S/C15H14F3N3O/c16-15(17,18)12-8-13(21-20-12)19-14(22)11-7-3-5-9-4-1-2-6-10(9)11/h1-2,4,6,8,11H,3,5,7H2,(H2,19,20,21,22). The smallest absolute Gasteiger partial charge is 0.309 e. The molecular weight excluding hydrogens is 295 g/mol. The van der Waals surface area contributed by atoms with Gasteiger partial charge in [-0.05, 0) is 30.4 Å². The van der Waals surface area contributed by atoms with Crippen molar-refractivity contribution in [1.29, 1.82) is 0 Å². The Balaban J connectivity index is 1.77. The van der Waals surface area contributed by atoms with Crippen LogP contribution in [0.25, 0.3) is 0 Å². The summed E-state index contributed by atoms with van der Waals surface area (Å²) in [4.78, 5) is 12.3. The number of nitrogens with one attached hydrogen (secondary N) is 2. The molecule has 1 amide bonds. The number of aromatic nitrogens is 2. The normalized spacial score (nSPS) is 17.9. The Hall–Kier alpha value is -2.31. The molecule has 1 aliphatic rings. The first-order chi connectivity index (χ1) is 10.4. The number of halogens is 3. The van der Waals surface area contributed by atoms with Gasteiger partial charge in [0.15, 0.2) is 5.82 Å². The zero-order valence-electron chi connectivity index (χ0n) is 11.6. The summed E-state index contributed by atoms with van der Waals surface area (Å²) in [6.07, 6.45) is -2.03. The maximum atomic E-state index is 12.5. The predicted octanol–water partition coefficient (Wildman–Crippen LogP) is 3.49. The van der Waals surface area contributed by atoms with Crippen molar-refractivity contribution >= 4 is 11.7 Å². The van der Waals surface area contributed by atoms with Crippen LogP contribution in [0.2, 0.25) is 0 Å². The monoisotopic (exact) mass is 309 g/mol. The maximum Gasteiger partial charge on any atom is 0.432 e. The number of hydrogen-bond acceptors (Lipinski definition) is 2. The van der Waals surface area contributed by atoms with Crippen molar-refractivity contribution in [2.45, 2.75) is 31.4 Å². The first-order valence-corrected chi connectivity index (χ1v) is 6.96. The van der Waals surface area contributed by atoms with Gasteiger partial charge in [0.05, 0.1) is 5.92 Å². The van der Waals surface area contributed by atoms with E-state index in [1.165, 1.54) is 0 Å². The van der Waals surface area contributed by atoms with Crippen LogP contribution in [-0.2, 0) is 17.4 Å². The van der Waals surface area contributed by atoms with Crippen LogP contribution in [0.4, 0.5) is 19.0 Å². The summed E-state index contributed by atoms with van der Waals surface area (Å²) in [7, 11) is 0. The number of nitrogens with zero attached hydrogens (tertiary/aromatic N) is 1. The minimum atomic E-state index is -4.51. The van der Waals surface area contributed by atoms with E-state index >= 15 is 0 Å². The highest BCUT2D eigenvalue weighted by Gasteiger charge is 2.33. The van der Waals surface area contributed by atoms with E-state index in [2.05, 4.69) is 10.4 Å². The first-order valence-electron chi connectivity index (χ1n) is 6.96. The SMILES string of the molecule is O=C(Nc1cc(C(F)(F)F)[nH]n1)C1CCCc2ccccc21. The maximum absolute atomic E-state index is 12.5. The number of fused-ring (bicyclic) bond motifs is 1. The van der Waals surface area contributed by atoms with E-state index in [0.29, 0.717) is 6.42 Å². The van der Waals surface area contributed by atoms with Crippen molar-refractivity contribution in [1.82, 2.24) is 10.2 Å². The number of carbonyl (C=O) groups excluding carboxylic acids is 1. The molecule has 1 heterocycles. The Morgan fingerprint density at radius 1 is 1.32 bits per heavy atom. The first kappa shape index (κ1) is 14.6. The van der Waals surface area contributed by atoms with Gasteiger partial charge in [-0.2, -0.15) is 18.3 Å². The lowest BCUT2D eigenvalue weighted by Gasteiger charge is -2.24. The summed E-state index contributed by atoms with van der Waals surface area (Å²) in [5.41, 5.74) is 1.08. The molecule has 4 nitrogen and oxygen atoms in total. The zero-order valence-corrected chi connectivity index (χ0v) is 11.6. The number of rotatable bonds is 2. The lowest BCUT2D eigenvalue weighted by Crippen LogP contribution is -2.24. The van der Waals surface area contributed by atoms with Gasteiger partial charge in [-0.3, -0.25) is 9.89 Å². The van der Waals surface area contributed by atoms with Crippen LogP contribution in [-0.4, -0.2) is 16.1 Å². The highest BCUT2D eigenvalue weighted by atomic mass is 19.4. The van der Waals surface area contributed by atoms with Crippen molar-refractivity contribution in [2.75, 3.05) is 5.32 Å². The van der Waals surface area contributed by atoms with E-state index < -0.39 is 11.9 Å². The lowest BCUT2D eigenvalue weighted by molar-refractivity contribution is -0.141. The number of aryl methyl sites for hydroxylation is 1. The van der Waals surface area contributed by atoms with Gasteiger partial charge in [0.1, 0.15) is 5.69 Å². The highest BCUT2D eigenvalue weighted by Crippen LogP contribution is 2.33. The minimum absolute atomic E-state index is 0.111. The summed E-state index contributed by atoms with van der Waals surface area (Å²) in [6, 6.07) is 8.45. The topological polar surface area (TPSA) is 57.8 Å². The van der Waals surface area contributed by atoms with Crippen molar-refractivity contribution in [3.63, 3.8) is 0 Å². The predicted molar refractivity (Wildman–Crippen MR) is 74.3 cm³/mol. The second-order valence-electron chi connectivity index (χ2n) is 5.30. The van der Waals surface area contributed by atoms with E-state index in [1.54, 1.807) is 0 Å². The van der Waals surface area contributed by atoms with Crippen LogP contribution in [0.5, 0.6) is 0 Å². The number of aromatic amines is 1. The summed E-state index contributed by atoms with van der Waals surface area (Å²) in [6.45, 7) is 0. The van der Waals surface area contributed by atoms with Crippen LogP contribution < -0.4 is 5.32 Å². The molecule has 1 unspecified atom stereocenters. The van der Waals surface area contributed by atoms with Gasteiger partial charge in [0.2, 0.25) is 5.91 Å². The fraction of sp³-hybridized carbons (Fsp3) is 0.333. The van der Waals surface area contributed by atoms with Crippen LogP contribution in [0, 0.1) is 0 Å². The number of H-pyrrole nitrogens is 1. The molecule has 3 rings (SSSR count). The van der Waals surface area contributed by atoms with Crippen LogP contribution in [0.15, 0.2) is 30.3 Å². The average Bonchev–Trinajstić information content (AvgIpc) is 2.95. The van der Waals surface area contributed by atoms with Gasteiger partial charge in [0.25, 0.3) is 0 Å². The van der Waals surface area contributed by atoms with Gasteiger partial charge >= 0.3 is 6.18 Å². The largest absolute Gasteiger partial charge is 0.432 e. The number of hydrogen-bond donors (Lipinski definition) is 2.